The van der Waals surface area contributed by atoms with Crippen LogP contribution >= 0.6 is 0 Å². The van der Waals surface area contributed by atoms with Crippen molar-refractivity contribution in [2.24, 2.45) is 0 Å². The molecule has 0 aliphatic carbocycles. The molecule has 0 aliphatic heterocycles. The van der Waals surface area contributed by atoms with Gasteiger partial charge in [-0.05, 0) is 23.0 Å². The fourth-order valence-corrected chi connectivity index (χ4v) is 12.8. The van der Waals surface area contributed by atoms with Gasteiger partial charge in [0.05, 0.1) is 3.91 Å². The Bertz CT molecular complexity index is 1460. The predicted octanol–water partition coefficient (Wildman–Crippen LogP) is 3.65. The number of alkyl halides is 9. The average molecular weight is 805 g/mol. The molecule has 0 bridgehead atoms. The lowest BCUT2D eigenvalue weighted by atomic mass is 9.87. The predicted molar refractivity (Wildman–Crippen MR) is 136 cm³/mol. The second-order valence-corrected chi connectivity index (χ2v) is 19.9. The minimum Gasteiger partial charge on any atom is -0.251 e. The summed E-state index contributed by atoms with van der Waals surface area (Å²) in [5, 5.41) is 0. The van der Waals surface area contributed by atoms with Crippen LogP contribution in [0.4, 0.5) is 39.5 Å². The van der Waals surface area contributed by atoms with Crippen LogP contribution in [0.5, 0.6) is 0 Å². The Labute approximate surface area is 254 Å². The lowest BCUT2D eigenvalue weighted by Gasteiger charge is -2.31. The van der Waals surface area contributed by atoms with Crippen LogP contribution in [0.25, 0.3) is 0 Å². The summed E-state index contributed by atoms with van der Waals surface area (Å²) in [6.07, 6.45) is 0. The van der Waals surface area contributed by atoms with E-state index in [1.54, 1.807) is 7.14 Å². The van der Waals surface area contributed by atoms with Gasteiger partial charge in [0.15, 0.2) is 36.7 Å². The number of hydrogen-bond acceptors (Lipinski definition) is 6. The summed E-state index contributed by atoms with van der Waals surface area (Å²) >= 11 is -0.147. The first-order valence-corrected chi connectivity index (χ1v) is 18.1. The van der Waals surface area contributed by atoms with Gasteiger partial charge in [-0.25, -0.2) is 0 Å². The Morgan fingerprint density at radius 1 is 0.488 bits per heavy atom. The van der Waals surface area contributed by atoms with E-state index >= 15 is 0 Å². The zero-order chi connectivity index (χ0) is 34.3. The maximum atomic E-state index is 12.0. The maximum Gasteiger partial charge on any atom is 0.470 e. The van der Waals surface area contributed by atoms with Gasteiger partial charge in [-0.3, -0.25) is 25.3 Å². The number of hydrogen-bond donors (Lipinski definition) is 0. The maximum absolute atomic E-state index is 12.0. The molecular formula is C24H26F9IO6S3. The third kappa shape index (κ3) is 8.99. The Kier molecular flexibility index (Phi) is 11.6. The Morgan fingerprint density at radius 2 is 0.721 bits per heavy atom. The molecule has 43 heavy (non-hydrogen) atoms. The van der Waals surface area contributed by atoms with Gasteiger partial charge < -0.3 is 0 Å². The molecule has 0 saturated heterocycles. The van der Waals surface area contributed by atoms with Gasteiger partial charge in [0.2, 0.25) is 0 Å². The van der Waals surface area contributed by atoms with Crippen LogP contribution in [0, 0.1) is 11.1 Å². The molecule has 0 radical (unpaired) electrons. The molecule has 0 aliphatic rings. The number of rotatable bonds is 5. The van der Waals surface area contributed by atoms with Crippen LogP contribution in [-0.2, 0) is 40.3 Å². The van der Waals surface area contributed by atoms with Crippen molar-refractivity contribution in [3.05, 3.63) is 70.7 Å². The fraction of sp³-hybridized carbons (Fsp3) is 0.458. The highest BCUT2D eigenvalue weighted by atomic mass is 127. The van der Waals surface area contributed by atoms with E-state index in [0.717, 1.165) is 0 Å². The average Bonchev–Trinajstić information content (AvgIpc) is 2.76. The van der Waals surface area contributed by atoms with Crippen molar-refractivity contribution in [2.75, 3.05) is 0 Å². The third-order valence-electron chi connectivity index (χ3n) is 5.14. The van der Waals surface area contributed by atoms with E-state index in [1.807, 2.05) is 0 Å². The van der Waals surface area contributed by atoms with Crippen molar-refractivity contribution in [3.8, 4) is 0 Å². The van der Waals surface area contributed by atoms with E-state index < -0.39 is 50.0 Å². The summed E-state index contributed by atoms with van der Waals surface area (Å²) < 4.78 is 171. The molecule has 0 spiro atoms. The fourth-order valence-electron chi connectivity index (χ4n) is 3.13. The first-order chi connectivity index (χ1) is 18.8. The van der Waals surface area contributed by atoms with Gasteiger partial charge in [0.1, 0.15) is 0 Å². The summed E-state index contributed by atoms with van der Waals surface area (Å²) in [6, 6.07) is 18.0. The summed E-state index contributed by atoms with van der Waals surface area (Å²) in [5.74, 6) is 0. The van der Waals surface area contributed by atoms with Crippen LogP contribution in [0.15, 0.2) is 48.5 Å². The quantitative estimate of drug-likeness (QED) is 0.260. The van der Waals surface area contributed by atoms with E-state index in [2.05, 4.69) is 90.1 Å². The molecule has 0 fully saturated rings. The summed E-state index contributed by atoms with van der Waals surface area (Å²) in [6.45, 7) is 13.9. The molecule has 0 N–H and O–H groups in total. The Balaban J connectivity index is 0.000000430. The van der Waals surface area contributed by atoms with Gasteiger partial charge >= 0.3 is 37.7 Å². The van der Waals surface area contributed by atoms with Crippen molar-refractivity contribution >= 4 is 29.5 Å². The number of benzene rings is 2. The number of halogens is 10. The highest BCUT2D eigenvalue weighted by molar-refractivity contribution is 8.29. The van der Waals surface area contributed by atoms with Gasteiger partial charge in [-0.15, -0.1) is 0 Å². The molecule has 0 saturated carbocycles. The van der Waals surface area contributed by atoms with E-state index in [0.29, 0.717) is 0 Å². The summed E-state index contributed by atoms with van der Waals surface area (Å²) in [7, 11) is -24.1. The zero-order valence-corrected chi connectivity index (χ0v) is 27.7. The number of sulfone groups is 3. The smallest absolute Gasteiger partial charge is 0.251 e. The van der Waals surface area contributed by atoms with Crippen molar-refractivity contribution in [2.45, 2.75) is 68.9 Å². The molecule has 0 aromatic heterocycles. The molecule has 19 heteroatoms. The first kappa shape index (κ1) is 39.4. The Hall–Kier alpha value is -1.61. The van der Waals surface area contributed by atoms with Crippen molar-refractivity contribution in [1.29, 1.82) is 0 Å². The molecule has 0 heterocycles. The van der Waals surface area contributed by atoms with E-state index in [4.69, 9.17) is 0 Å². The van der Waals surface area contributed by atoms with E-state index in [-0.39, 0.29) is 32.0 Å². The van der Waals surface area contributed by atoms with Crippen LogP contribution in [0.1, 0.15) is 52.7 Å². The van der Waals surface area contributed by atoms with Crippen molar-refractivity contribution < 1.29 is 86.0 Å². The van der Waals surface area contributed by atoms with Crippen LogP contribution in [-0.4, -0.2) is 41.8 Å². The minimum absolute atomic E-state index is 0.147. The topological polar surface area (TPSA) is 102 Å². The first-order valence-electron chi connectivity index (χ1n) is 11.5. The molecule has 2 rings (SSSR count). The van der Waals surface area contributed by atoms with E-state index in [1.165, 1.54) is 11.1 Å². The van der Waals surface area contributed by atoms with Crippen molar-refractivity contribution in [3.63, 3.8) is 0 Å². The Morgan fingerprint density at radius 3 is 0.930 bits per heavy atom. The largest absolute Gasteiger partial charge is 0.470 e. The highest BCUT2D eigenvalue weighted by Gasteiger charge is 2.63. The molecular weight excluding hydrogens is 778 g/mol. The summed E-state index contributed by atoms with van der Waals surface area (Å²) in [5.41, 5.74) is -17.7. The van der Waals surface area contributed by atoms with Crippen LogP contribution in [0.3, 0.4) is 0 Å². The summed E-state index contributed by atoms with van der Waals surface area (Å²) in [4.78, 5) is 0. The van der Waals surface area contributed by atoms with Crippen LogP contribution in [0.2, 0.25) is 0 Å². The lowest BCUT2D eigenvalue weighted by Crippen LogP contribution is -3.62. The molecule has 0 amide bonds. The molecule has 2 aromatic carbocycles. The molecule has 246 valence electrons. The van der Waals surface area contributed by atoms with Crippen LogP contribution < -0.4 is 21.2 Å². The second-order valence-electron chi connectivity index (χ2n) is 10.7. The van der Waals surface area contributed by atoms with Gasteiger partial charge in [0, 0.05) is 11.1 Å². The highest BCUT2D eigenvalue weighted by Crippen LogP contribution is 2.47. The SMILES string of the molecule is CC(C)(C)c1ccccc1[I+]c1ccccc1C(C)(C)C.O=S(=O)([C-](S(=O)(=O)C(F)(F)F)S(=O)(=O)C(F)(F)F)C(F)(F)F. The lowest BCUT2D eigenvalue weighted by molar-refractivity contribution is -0.599. The van der Waals surface area contributed by atoms with Gasteiger partial charge in [-0.2, -0.15) is 39.5 Å². The monoisotopic (exact) mass is 804 g/mol. The molecule has 2 aromatic rings. The van der Waals surface area contributed by atoms with Crippen molar-refractivity contribution in [1.82, 2.24) is 0 Å². The van der Waals surface area contributed by atoms with E-state index in [9.17, 15) is 64.8 Å². The molecule has 0 unspecified atom stereocenters. The third-order valence-corrected chi connectivity index (χ3v) is 15.3. The standard InChI is InChI=1S/C20H26I.C4F9O6S3/c1-19(2,3)15-11-7-9-13-17(15)21-18-14-10-8-12-16(18)20(4,5)6;5-2(6,7)20(14,15)1(21(16,17)3(8,9)10)22(18,19)4(11,12)13/h7-14H,1-6H3;/q+1;-1. The minimum atomic E-state index is -8.02. The molecule has 0 atom stereocenters. The second kappa shape index (κ2) is 12.6. The normalized spacial score (nSPS) is 14.3. The molecule has 6 nitrogen and oxygen atoms in total. The van der Waals surface area contributed by atoms with Gasteiger partial charge in [0.25, 0.3) is 0 Å². The zero-order valence-electron chi connectivity index (χ0n) is 23.1. The van der Waals surface area contributed by atoms with Gasteiger partial charge in [-0.1, -0.05) is 77.9 Å².